The Morgan fingerprint density at radius 2 is 2.44 bits per heavy atom. The van der Waals surface area contributed by atoms with Gasteiger partial charge in [0.1, 0.15) is 11.3 Å². The molecule has 0 saturated heterocycles. The van der Waals surface area contributed by atoms with Crippen LogP contribution in [0.25, 0.3) is 0 Å². The summed E-state index contributed by atoms with van der Waals surface area (Å²) in [5.74, 6) is -0.153. The molecule has 2 heterocycles. The summed E-state index contributed by atoms with van der Waals surface area (Å²) in [6, 6.07) is 3.70. The Bertz CT molecular complexity index is 531. The molecule has 0 aliphatic carbocycles. The molecule has 0 saturated carbocycles. The Hall–Kier alpha value is -2.08. The second-order valence-corrected chi connectivity index (χ2v) is 4.05. The van der Waals surface area contributed by atoms with Crippen molar-refractivity contribution in [1.82, 2.24) is 15.1 Å². The van der Waals surface area contributed by atoms with Crippen LogP contribution in [0.2, 0.25) is 0 Å². The predicted molar refractivity (Wildman–Crippen MR) is 64.1 cm³/mol. The van der Waals surface area contributed by atoms with E-state index in [1.807, 2.05) is 19.1 Å². The smallest absolute Gasteiger partial charge is 0.339 e. The number of carbonyl (C=O) groups is 1. The molecule has 2 aromatic heterocycles. The van der Waals surface area contributed by atoms with Crippen LogP contribution in [0.5, 0.6) is 0 Å². The molecule has 2 aromatic rings. The zero-order chi connectivity index (χ0) is 13.1. The van der Waals surface area contributed by atoms with Crippen LogP contribution < -0.4 is 5.32 Å². The maximum atomic E-state index is 11.0. The van der Waals surface area contributed by atoms with Gasteiger partial charge in [-0.25, -0.2) is 4.79 Å². The van der Waals surface area contributed by atoms with Gasteiger partial charge in [-0.1, -0.05) is 0 Å². The molecule has 0 fully saturated rings. The highest BCUT2D eigenvalue weighted by atomic mass is 16.4. The Kier molecular flexibility index (Phi) is 3.47. The van der Waals surface area contributed by atoms with E-state index in [0.717, 1.165) is 5.76 Å². The van der Waals surface area contributed by atoms with Crippen LogP contribution in [0, 0.1) is 0 Å². The quantitative estimate of drug-likeness (QED) is 0.840. The maximum absolute atomic E-state index is 11.0. The molecule has 0 radical (unpaired) electrons. The lowest BCUT2D eigenvalue weighted by atomic mass is 10.2. The summed E-state index contributed by atoms with van der Waals surface area (Å²) in [6.45, 7) is 2.37. The minimum atomic E-state index is -0.967. The fourth-order valence-corrected chi connectivity index (χ4v) is 1.74. The van der Waals surface area contributed by atoms with E-state index in [1.165, 1.54) is 6.20 Å². The van der Waals surface area contributed by atoms with Gasteiger partial charge in [-0.15, -0.1) is 0 Å². The third-order valence-electron chi connectivity index (χ3n) is 2.84. The van der Waals surface area contributed by atoms with E-state index in [4.69, 9.17) is 9.52 Å². The minimum absolute atomic E-state index is 0.0107. The lowest BCUT2D eigenvalue weighted by Gasteiger charge is -2.12. The lowest BCUT2D eigenvalue weighted by Crippen LogP contribution is -2.21. The van der Waals surface area contributed by atoms with Crippen molar-refractivity contribution in [3.05, 3.63) is 41.6 Å². The molecular weight excluding hydrogens is 234 g/mol. The number of hydrogen-bond donors (Lipinski definition) is 2. The second-order valence-electron chi connectivity index (χ2n) is 4.05. The van der Waals surface area contributed by atoms with E-state index in [2.05, 4.69) is 10.4 Å². The van der Waals surface area contributed by atoms with Crippen LogP contribution in [0.1, 0.15) is 34.8 Å². The van der Waals surface area contributed by atoms with Crippen molar-refractivity contribution in [2.75, 3.05) is 0 Å². The number of aryl methyl sites for hydroxylation is 1. The van der Waals surface area contributed by atoms with Gasteiger partial charge in [0.15, 0.2) is 0 Å². The molecule has 1 atom stereocenters. The first-order valence-corrected chi connectivity index (χ1v) is 5.60. The van der Waals surface area contributed by atoms with Crippen molar-refractivity contribution in [2.24, 2.45) is 7.05 Å². The molecule has 0 aliphatic rings. The number of nitrogens with zero attached hydrogens (tertiary/aromatic N) is 2. The number of hydrogen-bond acceptors (Lipinski definition) is 4. The fraction of sp³-hybridized carbons (Fsp3) is 0.333. The van der Waals surface area contributed by atoms with E-state index in [9.17, 15) is 4.79 Å². The van der Waals surface area contributed by atoms with E-state index in [1.54, 1.807) is 18.0 Å². The first-order chi connectivity index (χ1) is 8.59. The van der Waals surface area contributed by atoms with Crippen molar-refractivity contribution in [3.8, 4) is 0 Å². The zero-order valence-electron chi connectivity index (χ0n) is 10.3. The number of rotatable bonds is 5. The monoisotopic (exact) mass is 249 g/mol. The summed E-state index contributed by atoms with van der Waals surface area (Å²) in [4.78, 5) is 11.0. The Morgan fingerprint density at radius 3 is 3.06 bits per heavy atom. The van der Waals surface area contributed by atoms with Gasteiger partial charge >= 0.3 is 5.97 Å². The number of aromatic carboxylic acids is 1. The maximum Gasteiger partial charge on any atom is 0.339 e. The highest BCUT2D eigenvalue weighted by molar-refractivity contribution is 5.88. The number of nitrogens with one attached hydrogen (secondary N) is 1. The van der Waals surface area contributed by atoms with Crippen LogP contribution in [0.15, 0.2) is 29.0 Å². The highest BCUT2D eigenvalue weighted by Gasteiger charge is 2.16. The first-order valence-electron chi connectivity index (χ1n) is 5.60. The molecule has 18 heavy (non-hydrogen) atoms. The average molecular weight is 249 g/mol. The summed E-state index contributed by atoms with van der Waals surface area (Å²) in [5, 5.41) is 16.2. The molecule has 0 aromatic carbocycles. The van der Waals surface area contributed by atoms with Crippen LogP contribution in [0.3, 0.4) is 0 Å². The molecule has 6 heteroatoms. The number of carboxylic acids is 1. The Balaban J connectivity index is 2.06. The molecule has 0 amide bonds. The summed E-state index contributed by atoms with van der Waals surface area (Å²) in [7, 11) is 1.72. The molecule has 6 nitrogen and oxygen atoms in total. The van der Waals surface area contributed by atoms with Crippen molar-refractivity contribution >= 4 is 5.97 Å². The average Bonchev–Trinajstić information content (AvgIpc) is 2.95. The van der Waals surface area contributed by atoms with Crippen molar-refractivity contribution < 1.29 is 14.3 Å². The van der Waals surface area contributed by atoms with Gasteiger partial charge in [0.2, 0.25) is 0 Å². The molecule has 0 unspecified atom stereocenters. The number of carboxylic acid groups (broad SMARTS) is 1. The van der Waals surface area contributed by atoms with Gasteiger partial charge in [0.05, 0.1) is 24.2 Å². The fourth-order valence-electron chi connectivity index (χ4n) is 1.74. The van der Waals surface area contributed by atoms with Gasteiger partial charge < -0.3 is 14.8 Å². The molecular formula is C12H15N3O3. The molecule has 0 spiro atoms. The minimum Gasteiger partial charge on any atom is -0.478 e. The third kappa shape index (κ3) is 2.43. The topological polar surface area (TPSA) is 80.3 Å². The number of aromatic nitrogens is 2. The third-order valence-corrected chi connectivity index (χ3v) is 2.84. The van der Waals surface area contributed by atoms with E-state index < -0.39 is 5.97 Å². The first kappa shape index (κ1) is 12.4. The molecule has 0 aliphatic heterocycles. The van der Waals surface area contributed by atoms with Gasteiger partial charge in [-0.3, -0.25) is 4.68 Å². The molecule has 0 bridgehead atoms. The van der Waals surface area contributed by atoms with Crippen LogP contribution >= 0.6 is 0 Å². The Labute approximate surface area is 104 Å². The van der Waals surface area contributed by atoms with Crippen LogP contribution in [-0.2, 0) is 13.6 Å². The standard InChI is InChI=1S/C12H15N3O3/c1-8(11-4-3-5-18-11)13-7-10-9(12(16)17)6-14-15(10)2/h3-6,8,13H,7H2,1-2H3,(H,16,17)/t8-/m0/s1. The van der Waals surface area contributed by atoms with Crippen molar-refractivity contribution in [1.29, 1.82) is 0 Å². The largest absolute Gasteiger partial charge is 0.478 e. The SMILES string of the molecule is C[C@H](NCc1c(C(=O)O)cnn1C)c1ccco1. The van der Waals surface area contributed by atoms with Crippen LogP contribution in [-0.4, -0.2) is 20.9 Å². The van der Waals surface area contributed by atoms with Gasteiger partial charge in [0.25, 0.3) is 0 Å². The molecule has 2 N–H and O–H groups in total. The normalized spacial score (nSPS) is 12.6. The predicted octanol–water partition coefficient (Wildman–Crippen LogP) is 1.56. The van der Waals surface area contributed by atoms with E-state index in [-0.39, 0.29) is 11.6 Å². The summed E-state index contributed by atoms with van der Waals surface area (Å²) >= 11 is 0. The van der Waals surface area contributed by atoms with Crippen LogP contribution in [0.4, 0.5) is 0 Å². The van der Waals surface area contributed by atoms with E-state index >= 15 is 0 Å². The zero-order valence-corrected chi connectivity index (χ0v) is 10.3. The van der Waals surface area contributed by atoms with Gasteiger partial charge in [-0.05, 0) is 19.1 Å². The van der Waals surface area contributed by atoms with E-state index in [0.29, 0.717) is 12.2 Å². The molecule has 2 rings (SSSR count). The van der Waals surface area contributed by atoms with Crippen molar-refractivity contribution in [3.63, 3.8) is 0 Å². The highest BCUT2D eigenvalue weighted by Crippen LogP contribution is 2.14. The lowest BCUT2D eigenvalue weighted by molar-refractivity contribution is 0.0695. The van der Waals surface area contributed by atoms with Crippen molar-refractivity contribution in [2.45, 2.75) is 19.5 Å². The Morgan fingerprint density at radius 1 is 1.67 bits per heavy atom. The van der Waals surface area contributed by atoms with Gasteiger partial charge in [0, 0.05) is 13.6 Å². The van der Waals surface area contributed by atoms with Gasteiger partial charge in [-0.2, -0.15) is 5.10 Å². The summed E-state index contributed by atoms with van der Waals surface area (Å²) in [5.41, 5.74) is 0.859. The second kappa shape index (κ2) is 5.05. The molecule has 96 valence electrons. The number of furan rings is 1. The summed E-state index contributed by atoms with van der Waals surface area (Å²) < 4.78 is 6.83. The summed E-state index contributed by atoms with van der Waals surface area (Å²) in [6.07, 6.45) is 2.97.